The molecule has 0 atom stereocenters. The van der Waals surface area contributed by atoms with Gasteiger partial charge in [-0.1, -0.05) is 12.8 Å². The Bertz CT molecular complexity index is 100. The van der Waals surface area contributed by atoms with E-state index in [1.165, 1.54) is 25.7 Å². The number of likely N-dealkylation sites (N-methyl/N-ethyl adjacent to an activating group) is 1. The molecule has 0 bridgehead atoms. The molecule has 0 unspecified atom stereocenters. The highest BCUT2D eigenvalue weighted by atomic mass is 16.5. The Hall–Kier alpha value is -0.0800. The maximum atomic E-state index is 5.77. The van der Waals surface area contributed by atoms with Crippen molar-refractivity contribution < 1.29 is 4.74 Å². The molecule has 0 aromatic heterocycles. The lowest BCUT2D eigenvalue weighted by Gasteiger charge is -2.28. The quantitative estimate of drug-likeness (QED) is 0.668. The number of hydrogen-bond donors (Lipinski definition) is 1. The van der Waals surface area contributed by atoms with Crippen molar-refractivity contribution in [2.45, 2.75) is 38.2 Å². The van der Waals surface area contributed by atoms with Crippen molar-refractivity contribution in [2.24, 2.45) is 0 Å². The maximum Gasteiger partial charge on any atom is 0.0806 e. The molecule has 0 spiro atoms. The highest BCUT2D eigenvalue weighted by Gasteiger charge is 2.33. The summed E-state index contributed by atoms with van der Waals surface area (Å²) in [6.45, 7) is 3.94. The average Bonchev–Trinajstić information content (AvgIpc) is 2.39. The first-order valence-electron chi connectivity index (χ1n) is 4.61. The lowest BCUT2D eigenvalue weighted by molar-refractivity contribution is -0.0313. The molecule has 11 heavy (non-hydrogen) atoms. The fourth-order valence-corrected chi connectivity index (χ4v) is 2.02. The van der Waals surface area contributed by atoms with Crippen molar-refractivity contribution in [3.05, 3.63) is 0 Å². The Morgan fingerprint density at radius 1 is 1.36 bits per heavy atom. The summed E-state index contributed by atoms with van der Waals surface area (Å²) in [5.74, 6) is 0. The smallest absolute Gasteiger partial charge is 0.0806 e. The van der Waals surface area contributed by atoms with Crippen molar-refractivity contribution in [3.63, 3.8) is 0 Å². The summed E-state index contributed by atoms with van der Waals surface area (Å²) in [5.41, 5.74) is 0.184. The van der Waals surface area contributed by atoms with Crippen LogP contribution in [0.2, 0.25) is 0 Å². The van der Waals surface area contributed by atoms with Gasteiger partial charge in [-0.3, -0.25) is 0 Å². The van der Waals surface area contributed by atoms with Crippen LogP contribution in [0.4, 0.5) is 0 Å². The first-order valence-corrected chi connectivity index (χ1v) is 4.61. The molecule has 0 radical (unpaired) electrons. The first-order chi connectivity index (χ1) is 5.33. The largest absolute Gasteiger partial charge is 0.374 e. The van der Waals surface area contributed by atoms with Crippen LogP contribution in [0.25, 0.3) is 0 Å². The standard InChI is InChI=1S/C9H19NO/c1-3-11-9(8-10-2)6-4-5-7-9/h10H,3-8H2,1-2H3. The zero-order chi connectivity index (χ0) is 8.16. The van der Waals surface area contributed by atoms with E-state index in [4.69, 9.17) is 4.74 Å². The molecule has 0 aromatic carbocycles. The van der Waals surface area contributed by atoms with Gasteiger partial charge in [-0.2, -0.15) is 0 Å². The molecule has 1 saturated carbocycles. The Balaban J connectivity index is 2.40. The predicted molar refractivity (Wildman–Crippen MR) is 46.8 cm³/mol. The molecule has 1 N–H and O–H groups in total. The van der Waals surface area contributed by atoms with Gasteiger partial charge in [0, 0.05) is 13.2 Å². The average molecular weight is 157 g/mol. The van der Waals surface area contributed by atoms with E-state index in [9.17, 15) is 0 Å². The molecule has 66 valence electrons. The lowest BCUT2D eigenvalue weighted by Crippen LogP contribution is -2.39. The van der Waals surface area contributed by atoms with Gasteiger partial charge < -0.3 is 10.1 Å². The van der Waals surface area contributed by atoms with Crippen LogP contribution in [0.3, 0.4) is 0 Å². The van der Waals surface area contributed by atoms with E-state index in [1.807, 2.05) is 7.05 Å². The molecule has 0 heterocycles. The Kier molecular flexibility index (Phi) is 3.34. The highest BCUT2D eigenvalue weighted by molar-refractivity contribution is 4.87. The summed E-state index contributed by atoms with van der Waals surface area (Å²) in [4.78, 5) is 0. The third-order valence-electron chi connectivity index (χ3n) is 2.46. The highest BCUT2D eigenvalue weighted by Crippen LogP contribution is 2.32. The molecule has 0 saturated heterocycles. The minimum atomic E-state index is 0.184. The molecular formula is C9H19NO. The van der Waals surface area contributed by atoms with E-state index >= 15 is 0 Å². The van der Waals surface area contributed by atoms with Crippen LogP contribution in [-0.2, 0) is 4.74 Å². The van der Waals surface area contributed by atoms with Gasteiger partial charge in [-0.25, -0.2) is 0 Å². The summed E-state index contributed by atoms with van der Waals surface area (Å²) >= 11 is 0. The number of ether oxygens (including phenoxy) is 1. The van der Waals surface area contributed by atoms with Gasteiger partial charge in [-0.15, -0.1) is 0 Å². The van der Waals surface area contributed by atoms with Crippen molar-refractivity contribution in [2.75, 3.05) is 20.2 Å². The number of rotatable bonds is 4. The topological polar surface area (TPSA) is 21.3 Å². The molecule has 1 fully saturated rings. The van der Waals surface area contributed by atoms with Crippen molar-refractivity contribution in [1.29, 1.82) is 0 Å². The van der Waals surface area contributed by atoms with Crippen LogP contribution in [-0.4, -0.2) is 25.8 Å². The fraction of sp³-hybridized carbons (Fsp3) is 1.00. The number of hydrogen-bond acceptors (Lipinski definition) is 2. The van der Waals surface area contributed by atoms with Crippen LogP contribution in [0, 0.1) is 0 Å². The molecular weight excluding hydrogens is 138 g/mol. The van der Waals surface area contributed by atoms with Gasteiger partial charge in [0.05, 0.1) is 5.60 Å². The van der Waals surface area contributed by atoms with Crippen LogP contribution in [0.5, 0.6) is 0 Å². The SMILES string of the molecule is CCOC1(CNC)CCCC1. The fourth-order valence-electron chi connectivity index (χ4n) is 2.02. The molecule has 2 nitrogen and oxygen atoms in total. The Morgan fingerprint density at radius 3 is 2.45 bits per heavy atom. The monoisotopic (exact) mass is 157 g/mol. The normalized spacial score (nSPS) is 22.4. The molecule has 2 heteroatoms. The molecule has 0 amide bonds. The van der Waals surface area contributed by atoms with E-state index in [0.29, 0.717) is 0 Å². The Morgan fingerprint density at radius 2 is 2.00 bits per heavy atom. The van der Waals surface area contributed by atoms with Gasteiger partial charge in [-0.05, 0) is 26.8 Å². The van der Waals surface area contributed by atoms with E-state index in [1.54, 1.807) is 0 Å². The molecule has 0 aromatic rings. The van der Waals surface area contributed by atoms with E-state index in [-0.39, 0.29) is 5.60 Å². The van der Waals surface area contributed by atoms with E-state index in [2.05, 4.69) is 12.2 Å². The van der Waals surface area contributed by atoms with Crippen LogP contribution in [0.1, 0.15) is 32.6 Å². The van der Waals surface area contributed by atoms with Gasteiger partial charge >= 0.3 is 0 Å². The van der Waals surface area contributed by atoms with E-state index < -0.39 is 0 Å². The van der Waals surface area contributed by atoms with Crippen LogP contribution >= 0.6 is 0 Å². The van der Waals surface area contributed by atoms with Gasteiger partial charge in [0.2, 0.25) is 0 Å². The minimum Gasteiger partial charge on any atom is -0.374 e. The first kappa shape index (κ1) is 9.01. The lowest BCUT2D eigenvalue weighted by atomic mass is 10.0. The zero-order valence-electron chi connectivity index (χ0n) is 7.65. The molecule has 1 aliphatic rings. The molecule has 1 aliphatic carbocycles. The minimum absolute atomic E-state index is 0.184. The summed E-state index contributed by atoms with van der Waals surface area (Å²) in [6, 6.07) is 0. The van der Waals surface area contributed by atoms with Crippen molar-refractivity contribution >= 4 is 0 Å². The van der Waals surface area contributed by atoms with Crippen molar-refractivity contribution in [1.82, 2.24) is 5.32 Å². The third kappa shape index (κ3) is 2.17. The summed E-state index contributed by atoms with van der Waals surface area (Å²) < 4.78 is 5.77. The van der Waals surface area contributed by atoms with Gasteiger partial charge in [0.15, 0.2) is 0 Å². The summed E-state index contributed by atoms with van der Waals surface area (Å²) in [7, 11) is 2.00. The van der Waals surface area contributed by atoms with E-state index in [0.717, 1.165) is 13.2 Å². The van der Waals surface area contributed by atoms with Crippen LogP contribution in [0.15, 0.2) is 0 Å². The van der Waals surface area contributed by atoms with Gasteiger partial charge in [0.25, 0.3) is 0 Å². The summed E-state index contributed by atoms with van der Waals surface area (Å²) in [5, 5.41) is 3.21. The number of nitrogens with one attached hydrogen (secondary N) is 1. The maximum absolute atomic E-state index is 5.77. The predicted octanol–water partition coefficient (Wildman–Crippen LogP) is 1.56. The molecule has 0 aliphatic heterocycles. The summed E-state index contributed by atoms with van der Waals surface area (Å²) in [6.07, 6.45) is 5.15. The second-order valence-corrected chi connectivity index (χ2v) is 3.35. The Labute approximate surface area is 69.3 Å². The van der Waals surface area contributed by atoms with Crippen LogP contribution < -0.4 is 5.32 Å². The van der Waals surface area contributed by atoms with Crippen molar-refractivity contribution in [3.8, 4) is 0 Å². The third-order valence-corrected chi connectivity index (χ3v) is 2.46. The second kappa shape index (κ2) is 4.07. The van der Waals surface area contributed by atoms with Gasteiger partial charge in [0.1, 0.15) is 0 Å². The second-order valence-electron chi connectivity index (χ2n) is 3.35. The molecule has 1 rings (SSSR count). The zero-order valence-corrected chi connectivity index (χ0v) is 7.65.